The van der Waals surface area contributed by atoms with E-state index in [0.717, 1.165) is 36.0 Å². The minimum Gasteiger partial charge on any atom is -0.468 e. The fourth-order valence-electron chi connectivity index (χ4n) is 8.99. The summed E-state index contributed by atoms with van der Waals surface area (Å²) < 4.78 is 4.95. The minimum atomic E-state index is -0.150. The van der Waals surface area contributed by atoms with Gasteiger partial charge in [-0.15, -0.1) is 0 Å². The summed E-state index contributed by atoms with van der Waals surface area (Å²) in [6, 6.07) is 0. The normalized spacial score (nSPS) is 44.4. The van der Waals surface area contributed by atoms with Gasteiger partial charge in [0.2, 0.25) is 0 Å². The molecule has 3 heteroatoms. The van der Waals surface area contributed by atoms with Crippen LogP contribution in [0.15, 0.2) is 0 Å². The van der Waals surface area contributed by atoms with Gasteiger partial charge in [0, 0.05) is 0 Å². The van der Waals surface area contributed by atoms with Crippen LogP contribution in [-0.2, 0) is 9.53 Å². The summed E-state index contributed by atoms with van der Waals surface area (Å²) in [4.78, 5) is 11.8. The average Bonchev–Trinajstić information content (AvgIpc) is 3.11. The molecule has 8 unspecified atom stereocenters. The maximum Gasteiger partial charge on any atom is 0.319 e. The van der Waals surface area contributed by atoms with Gasteiger partial charge in [-0.2, -0.15) is 0 Å². The lowest BCUT2D eigenvalue weighted by atomic mass is 9.44. The van der Waals surface area contributed by atoms with E-state index >= 15 is 0 Å². The Hall–Kier alpha value is -0.0500. The van der Waals surface area contributed by atoms with E-state index in [1.165, 1.54) is 71.3 Å². The van der Waals surface area contributed by atoms with Crippen molar-refractivity contribution in [2.75, 3.05) is 7.11 Å². The van der Waals surface area contributed by atoms with E-state index in [1.54, 1.807) is 0 Å². The second kappa shape index (κ2) is 9.84. The molecule has 4 saturated carbocycles. The highest BCUT2D eigenvalue weighted by atomic mass is 79.9. The largest absolute Gasteiger partial charge is 0.468 e. The molecule has 2 nitrogen and oxygen atoms in total. The molecule has 0 bridgehead atoms. The monoisotopic (exact) mass is 482 g/mol. The molecule has 0 spiro atoms. The van der Waals surface area contributed by atoms with Crippen LogP contribution in [0.1, 0.15) is 105 Å². The molecule has 0 aliphatic heterocycles. The van der Waals surface area contributed by atoms with Crippen LogP contribution in [0.25, 0.3) is 0 Å². The van der Waals surface area contributed by atoms with Crippen LogP contribution in [0.4, 0.5) is 0 Å². The summed E-state index contributed by atoms with van der Waals surface area (Å²) in [5.41, 5.74) is 1.12. The molecule has 0 aromatic heterocycles. The lowest BCUT2D eigenvalue weighted by Gasteiger charge is -2.61. The van der Waals surface area contributed by atoms with Gasteiger partial charge in [0.1, 0.15) is 4.83 Å². The van der Waals surface area contributed by atoms with Gasteiger partial charge in [0.15, 0.2) is 0 Å². The third-order valence-electron chi connectivity index (χ3n) is 10.4. The number of carbonyl (C=O) groups excluding carboxylic acids is 1. The predicted molar refractivity (Wildman–Crippen MR) is 130 cm³/mol. The smallest absolute Gasteiger partial charge is 0.319 e. The molecule has 4 aliphatic carbocycles. The van der Waals surface area contributed by atoms with E-state index in [1.807, 2.05) is 13.8 Å². The molecule has 0 N–H and O–H groups in total. The summed E-state index contributed by atoms with van der Waals surface area (Å²) in [6.07, 6.45) is 15.5. The number of rotatable bonds is 4. The minimum absolute atomic E-state index is 0.112. The third kappa shape index (κ3) is 4.15. The number of alkyl halides is 1. The molecule has 0 amide bonds. The molecule has 0 radical (unpaired) electrons. The molecule has 9 atom stereocenters. The Bertz CT molecular complexity index is 591. The van der Waals surface area contributed by atoms with Crippen molar-refractivity contribution in [1.82, 2.24) is 0 Å². The molecular formula is C27H47BrO2. The second-order valence-corrected chi connectivity index (χ2v) is 12.4. The van der Waals surface area contributed by atoms with Gasteiger partial charge in [0.05, 0.1) is 7.11 Å². The van der Waals surface area contributed by atoms with E-state index in [-0.39, 0.29) is 10.8 Å². The van der Waals surface area contributed by atoms with E-state index in [4.69, 9.17) is 4.74 Å². The van der Waals surface area contributed by atoms with Crippen LogP contribution in [0.3, 0.4) is 0 Å². The number of fused-ring (bicyclic) bond motifs is 5. The van der Waals surface area contributed by atoms with Crippen molar-refractivity contribution in [3.8, 4) is 0 Å². The molecule has 0 saturated heterocycles. The maximum absolute atomic E-state index is 11.9. The zero-order chi connectivity index (χ0) is 22.1. The van der Waals surface area contributed by atoms with Crippen LogP contribution < -0.4 is 0 Å². The van der Waals surface area contributed by atoms with Crippen LogP contribution in [0, 0.1) is 46.3 Å². The number of methoxy groups -OCH3 is 1. The zero-order valence-electron chi connectivity index (χ0n) is 20.5. The molecule has 30 heavy (non-hydrogen) atoms. The van der Waals surface area contributed by atoms with Crippen LogP contribution in [-0.4, -0.2) is 17.9 Å². The SMILES string of the molecule is CC.COC(=O)C(Br)C[C@@H](C)C1CCC2C3CCC4CCCCC4(C)C3CCC21C. The third-order valence-corrected chi connectivity index (χ3v) is 11.1. The zero-order valence-corrected chi connectivity index (χ0v) is 22.1. The molecule has 0 heterocycles. The number of ether oxygens (including phenoxy) is 1. The quantitative estimate of drug-likeness (QED) is 0.299. The molecule has 0 aromatic rings. The fourth-order valence-corrected chi connectivity index (χ4v) is 9.76. The highest BCUT2D eigenvalue weighted by molar-refractivity contribution is 9.10. The first-order chi connectivity index (χ1) is 14.3. The van der Waals surface area contributed by atoms with Gasteiger partial charge < -0.3 is 4.74 Å². The summed E-state index contributed by atoms with van der Waals surface area (Å²) in [7, 11) is 1.50. The van der Waals surface area contributed by atoms with Crippen molar-refractivity contribution in [3.63, 3.8) is 0 Å². The Morgan fingerprint density at radius 2 is 1.67 bits per heavy atom. The van der Waals surface area contributed by atoms with Gasteiger partial charge in [-0.3, -0.25) is 4.79 Å². The molecule has 0 aromatic carbocycles. The number of carbonyl (C=O) groups is 1. The van der Waals surface area contributed by atoms with Gasteiger partial charge >= 0.3 is 5.97 Å². The summed E-state index contributed by atoms with van der Waals surface area (Å²) in [5.74, 6) is 5.12. The molecular weight excluding hydrogens is 436 g/mol. The van der Waals surface area contributed by atoms with Crippen molar-refractivity contribution in [3.05, 3.63) is 0 Å². The number of esters is 1. The Kier molecular flexibility index (Phi) is 8.06. The average molecular weight is 484 g/mol. The van der Waals surface area contributed by atoms with Crippen molar-refractivity contribution in [2.45, 2.75) is 110 Å². The first kappa shape index (κ1) is 24.6. The summed E-state index contributed by atoms with van der Waals surface area (Å²) >= 11 is 3.58. The highest BCUT2D eigenvalue weighted by Gasteiger charge is 2.60. The van der Waals surface area contributed by atoms with E-state index in [9.17, 15) is 4.79 Å². The van der Waals surface area contributed by atoms with Crippen LogP contribution in [0.5, 0.6) is 0 Å². The molecule has 4 fully saturated rings. The first-order valence-corrected chi connectivity index (χ1v) is 13.9. The fraction of sp³-hybridized carbons (Fsp3) is 0.963. The molecule has 4 aliphatic rings. The molecule has 4 rings (SSSR count). The van der Waals surface area contributed by atoms with Crippen LogP contribution >= 0.6 is 15.9 Å². The highest BCUT2D eigenvalue weighted by Crippen LogP contribution is 2.68. The predicted octanol–water partition coefficient (Wildman–Crippen LogP) is 8.02. The summed E-state index contributed by atoms with van der Waals surface area (Å²) in [5, 5.41) is 0. The number of hydrogen-bond acceptors (Lipinski definition) is 2. The van der Waals surface area contributed by atoms with Crippen molar-refractivity contribution >= 4 is 21.9 Å². The van der Waals surface area contributed by atoms with Crippen LogP contribution in [0.2, 0.25) is 0 Å². The van der Waals surface area contributed by atoms with Gasteiger partial charge in [0.25, 0.3) is 0 Å². The van der Waals surface area contributed by atoms with Crippen molar-refractivity contribution in [2.24, 2.45) is 46.3 Å². The Morgan fingerprint density at radius 3 is 2.37 bits per heavy atom. The molecule has 174 valence electrons. The topological polar surface area (TPSA) is 26.3 Å². The van der Waals surface area contributed by atoms with Gasteiger partial charge in [-0.1, -0.05) is 63.4 Å². The lowest BCUT2D eigenvalue weighted by Crippen LogP contribution is -2.53. The van der Waals surface area contributed by atoms with E-state index < -0.39 is 0 Å². The van der Waals surface area contributed by atoms with Crippen molar-refractivity contribution in [1.29, 1.82) is 0 Å². The summed E-state index contributed by atoms with van der Waals surface area (Å²) in [6.45, 7) is 11.7. The van der Waals surface area contributed by atoms with E-state index in [2.05, 4.69) is 36.7 Å². The van der Waals surface area contributed by atoms with Gasteiger partial charge in [-0.05, 0) is 104 Å². The maximum atomic E-state index is 11.9. The number of halogens is 1. The standard InChI is InChI=1S/C25H41BrO2.C2H6/c1-16(15-22(26)23(27)28-4)19-10-11-20-18-9-8-17-7-5-6-13-24(17,2)21(18)12-14-25(19,20)3;1-2/h16-22H,5-15H2,1-4H3;1-2H3/t16-,17?,18?,19?,20?,21?,22?,24?,25?;/m1./s1. The Balaban J connectivity index is 0.00000124. The van der Waals surface area contributed by atoms with E-state index in [0.29, 0.717) is 16.7 Å². The Labute approximate surface area is 194 Å². The lowest BCUT2D eigenvalue weighted by molar-refractivity contribution is -0.140. The van der Waals surface area contributed by atoms with Gasteiger partial charge in [-0.25, -0.2) is 0 Å². The first-order valence-electron chi connectivity index (χ1n) is 13.0. The number of hydrogen-bond donors (Lipinski definition) is 0. The Morgan fingerprint density at radius 1 is 0.967 bits per heavy atom. The second-order valence-electron chi connectivity index (χ2n) is 11.3. The van der Waals surface area contributed by atoms with Crippen molar-refractivity contribution < 1.29 is 9.53 Å².